The lowest BCUT2D eigenvalue weighted by Crippen LogP contribution is -2.41. The van der Waals surface area contributed by atoms with E-state index in [1.54, 1.807) is 29.2 Å². The van der Waals surface area contributed by atoms with Crippen molar-refractivity contribution in [2.45, 2.75) is 38.1 Å². The highest BCUT2D eigenvalue weighted by Gasteiger charge is 2.29. The molecule has 0 bridgehead atoms. The second-order valence-electron chi connectivity index (χ2n) is 5.72. The first-order valence-electron chi connectivity index (χ1n) is 7.78. The Morgan fingerprint density at radius 3 is 2.39 bits per heavy atom. The fraction of sp³-hybridized carbons (Fsp3) is 0.353. The molecule has 0 unspecified atom stereocenters. The van der Waals surface area contributed by atoms with Gasteiger partial charge < -0.3 is 9.32 Å². The Morgan fingerprint density at radius 1 is 1.13 bits per heavy atom. The third-order valence-electron chi connectivity index (χ3n) is 4.23. The molecule has 1 aliphatic carbocycles. The Kier molecular flexibility index (Phi) is 4.41. The number of nitro groups is 1. The number of nitrogens with zero attached hydrogens (tertiary/aromatic N) is 2. The minimum absolute atomic E-state index is 0.0165. The SMILES string of the molecule is O=C(c1ccco1)N(c1ccc([N+](=O)[O-])cc1)C1CCCCC1. The quantitative estimate of drug-likeness (QED) is 0.627. The number of carbonyl (C=O) groups excluding carboxylic acids is 1. The van der Waals surface area contributed by atoms with Gasteiger partial charge in [0.15, 0.2) is 5.76 Å². The van der Waals surface area contributed by atoms with Gasteiger partial charge in [-0.1, -0.05) is 19.3 Å². The van der Waals surface area contributed by atoms with Crippen LogP contribution in [-0.2, 0) is 0 Å². The van der Waals surface area contributed by atoms with Crippen LogP contribution in [0.4, 0.5) is 11.4 Å². The number of nitro benzene ring substituents is 1. The zero-order valence-corrected chi connectivity index (χ0v) is 12.7. The molecule has 0 aliphatic heterocycles. The van der Waals surface area contributed by atoms with E-state index >= 15 is 0 Å². The van der Waals surface area contributed by atoms with E-state index in [1.165, 1.54) is 24.8 Å². The first-order chi connectivity index (χ1) is 11.2. The van der Waals surface area contributed by atoms with Crippen LogP contribution < -0.4 is 4.90 Å². The molecule has 6 nitrogen and oxygen atoms in total. The van der Waals surface area contributed by atoms with Crippen LogP contribution in [-0.4, -0.2) is 16.9 Å². The number of furan rings is 1. The molecule has 0 saturated heterocycles. The van der Waals surface area contributed by atoms with Crippen LogP contribution in [0.3, 0.4) is 0 Å². The summed E-state index contributed by atoms with van der Waals surface area (Å²) < 4.78 is 5.25. The number of hydrogen-bond acceptors (Lipinski definition) is 4. The average Bonchev–Trinajstić information content (AvgIpc) is 3.11. The molecule has 1 heterocycles. The van der Waals surface area contributed by atoms with E-state index in [0.717, 1.165) is 25.7 Å². The second-order valence-corrected chi connectivity index (χ2v) is 5.72. The minimum atomic E-state index is -0.441. The number of anilines is 1. The van der Waals surface area contributed by atoms with Crippen molar-refractivity contribution in [3.05, 3.63) is 58.5 Å². The van der Waals surface area contributed by atoms with Crippen LogP contribution in [0.1, 0.15) is 42.7 Å². The van der Waals surface area contributed by atoms with Crippen LogP contribution in [0, 0.1) is 10.1 Å². The first-order valence-corrected chi connectivity index (χ1v) is 7.78. The highest BCUT2D eigenvalue weighted by molar-refractivity contribution is 6.04. The van der Waals surface area contributed by atoms with Gasteiger partial charge in [-0.05, 0) is 37.1 Å². The summed E-state index contributed by atoms with van der Waals surface area (Å²) in [5.74, 6) is 0.0877. The molecular formula is C17H18N2O4. The zero-order chi connectivity index (χ0) is 16.2. The van der Waals surface area contributed by atoms with Crippen LogP contribution in [0.25, 0.3) is 0 Å². The molecule has 6 heteroatoms. The third kappa shape index (κ3) is 3.26. The normalized spacial score (nSPS) is 15.3. The van der Waals surface area contributed by atoms with E-state index in [-0.39, 0.29) is 23.4 Å². The Hall–Kier alpha value is -2.63. The van der Waals surface area contributed by atoms with Crippen molar-refractivity contribution in [2.75, 3.05) is 4.90 Å². The van der Waals surface area contributed by atoms with Gasteiger partial charge in [-0.3, -0.25) is 14.9 Å². The van der Waals surface area contributed by atoms with E-state index in [4.69, 9.17) is 4.42 Å². The molecule has 0 atom stereocenters. The molecule has 3 rings (SSSR count). The number of non-ortho nitro benzene ring substituents is 1. The predicted octanol–water partition coefficient (Wildman–Crippen LogP) is 4.17. The van der Waals surface area contributed by atoms with E-state index in [9.17, 15) is 14.9 Å². The van der Waals surface area contributed by atoms with Crippen molar-refractivity contribution in [3.63, 3.8) is 0 Å². The molecule has 1 aromatic carbocycles. The van der Waals surface area contributed by atoms with E-state index in [2.05, 4.69) is 0 Å². The monoisotopic (exact) mass is 314 g/mol. The molecule has 1 aliphatic rings. The second kappa shape index (κ2) is 6.64. The Labute approximate surface area is 133 Å². The predicted molar refractivity (Wildman–Crippen MR) is 85.5 cm³/mol. The van der Waals surface area contributed by atoms with Gasteiger partial charge in [0.25, 0.3) is 11.6 Å². The molecule has 120 valence electrons. The maximum Gasteiger partial charge on any atom is 0.294 e. The van der Waals surface area contributed by atoms with Gasteiger partial charge in [0.2, 0.25) is 0 Å². The van der Waals surface area contributed by atoms with Gasteiger partial charge in [-0.25, -0.2) is 0 Å². The highest BCUT2D eigenvalue weighted by atomic mass is 16.6. The molecular weight excluding hydrogens is 296 g/mol. The number of benzene rings is 1. The molecule has 0 spiro atoms. The zero-order valence-electron chi connectivity index (χ0n) is 12.7. The van der Waals surface area contributed by atoms with Crippen molar-refractivity contribution in [1.29, 1.82) is 0 Å². The van der Waals surface area contributed by atoms with E-state index in [1.807, 2.05) is 0 Å². The van der Waals surface area contributed by atoms with Gasteiger partial charge in [0.1, 0.15) is 0 Å². The number of hydrogen-bond donors (Lipinski definition) is 0. The number of amides is 1. The molecule has 2 aromatic rings. The van der Waals surface area contributed by atoms with Gasteiger partial charge in [0.05, 0.1) is 11.2 Å². The van der Waals surface area contributed by atoms with Crippen molar-refractivity contribution < 1.29 is 14.1 Å². The van der Waals surface area contributed by atoms with Crippen molar-refractivity contribution in [3.8, 4) is 0 Å². The van der Waals surface area contributed by atoms with Gasteiger partial charge in [-0.15, -0.1) is 0 Å². The van der Waals surface area contributed by atoms with Crippen molar-refractivity contribution in [1.82, 2.24) is 0 Å². The number of rotatable bonds is 4. The van der Waals surface area contributed by atoms with Crippen LogP contribution in [0.15, 0.2) is 47.1 Å². The van der Waals surface area contributed by atoms with E-state index < -0.39 is 4.92 Å². The fourth-order valence-electron chi connectivity index (χ4n) is 3.09. The topological polar surface area (TPSA) is 76.6 Å². The summed E-state index contributed by atoms with van der Waals surface area (Å²) in [7, 11) is 0. The summed E-state index contributed by atoms with van der Waals surface area (Å²) in [6.45, 7) is 0. The third-order valence-corrected chi connectivity index (χ3v) is 4.23. The molecule has 0 radical (unpaired) electrons. The van der Waals surface area contributed by atoms with Gasteiger partial charge in [-0.2, -0.15) is 0 Å². The lowest BCUT2D eigenvalue weighted by Gasteiger charge is -2.33. The molecule has 1 amide bonds. The minimum Gasteiger partial charge on any atom is -0.459 e. The molecule has 1 saturated carbocycles. The van der Waals surface area contributed by atoms with Crippen molar-refractivity contribution >= 4 is 17.3 Å². The summed E-state index contributed by atoms with van der Waals surface area (Å²) in [4.78, 5) is 24.9. The maximum atomic E-state index is 12.8. The first kappa shape index (κ1) is 15.3. The molecule has 1 fully saturated rings. The fourth-order valence-corrected chi connectivity index (χ4v) is 3.09. The van der Waals surface area contributed by atoms with Gasteiger partial charge >= 0.3 is 0 Å². The molecule has 1 aromatic heterocycles. The van der Waals surface area contributed by atoms with Crippen LogP contribution in [0.5, 0.6) is 0 Å². The average molecular weight is 314 g/mol. The highest BCUT2D eigenvalue weighted by Crippen LogP contribution is 2.30. The summed E-state index contributed by atoms with van der Waals surface area (Å²) in [5.41, 5.74) is 0.687. The molecule has 23 heavy (non-hydrogen) atoms. The Bertz CT molecular complexity index is 673. The maximum absolute atomic E-state index is 12.8. The van der Waals surface area contributed by atoms with Crippen LogP contribution >= 0.6 is 0 Å². The summed E-state index contributed by atoms with van der Waals surface area (Å²) in [5, 5.41) is 10.8. The molecule has 0 N–H and O–H groups in total. The Balaban J connectivity index is 1.93. The van der Waals surface area contributed by atoms with Crippen LogP contribution in [0.2, 0.25) is 0 Å². The lowest BCUT2D eigenvalue weighted by atomic mass is 9.93. The summed E-state index contributed by atoms with van der Waals surface area (Å²) in [6.07, 6.45) is 6.69. The lowest BCUT2D eigenvalue weighted by molar-refractivity contribution is -0.384. The number of carbonyl (C=O) groups is 1. The smallest absolute Gasteiger partial charge is 0.294 e. The largest absolute Gasteiger partial charge is 0.459 e. The van der Waals surface area contributed by atoms with Gasteiger partial charge in [0, 0.05) is 23.9 Å². The summed E-state index contributed by atoms with van der Waals surface area (Å²) in [6, 6.07) is 9.55. The summed E-state index contributed by atoms with van der Waals surface area (Å²) >= 11 is 0. The standard InChI is InChI=1S/C17H18N2O4/c20-17(16-7-4-12-23-16)18(13-5-2-1-3-6-13)14-8-10-15(11-9-14)19(21)22/h4,7-13H,1-3,5-6H2. The van der Waals surface area contributed by atoms with Crippen molar-refractivity contribution in [2.24, 2.45) is 0 Å². The Morgan fingerprint density at radius 2 is 1.83 bits per heavy atom. The van der Waals surface area contributed by atoms with E-state index in [0.29, 0.717) is 5.69 Å².